The monoisotopic (exact) mass is 411 g/mol. The molecule has 1 amide bonds. The maximum Gasteiger partial charge on any atom is 0.253 e. The minimum atomic E-state index is -0.572. The minimum absolute atomic E-state index is 0.00822. The van der Waals surface area contributed by atoms with E-state index in [1.165, 1.54) is 19.2 Å². The number of carbonyl (C=O) groups is 1. The second-order valence-corrected chi connectivity index (χ2v) is 7.19. The molecule has 1 fully saturated rings. The highest BCUT2D eigenvalue weighted by Crippen LogP contribution is 2.34. The molecule has 0 spiro atoms. The standard InChI is InChI=1S/C22H22FN3O4/c1-28-13-16-11-26(22(27)15-8-9-19(29-2)18(23)10-15)12-17(16)21-25-24-20(30-21)14-6-4-3-5-7-14/h3-10,16-17H,11-13H2,1-2H3/t16-,17+/m0/s1. The molecule has 0 aliphatic carbocycles. The Labute approximate surface area is 173 Å². The Bertz CT molecular complexity index is 1020. The number of nitrogens with zero attached hydrogens (tertiary/aromatic N) is 3. The average molecular weight is 411 g/mol. The van der Waals surface area contributed by atoms with Gasteiger partial charge in [0.2, 0.25) is 11.8 Å². The van der Waals surface area contributed by atoms with E-state index >= 15 is 0 Å². The molecule has 30 heavy (non-hydrogen) atoms. The number of benzene rings is 2. The summed E-state index contributed by atoms with van der Waals surface area (Å²) in [5, 5.41) is 8.38. The summed E-state index contributed by atoms with van der Waals surface area (Å²) in [4.78, 5) is 14.6. The van der Waals surface area contributed by atoms with E-state index in [4.69, 9.17) is 13.9 Å². The van der Waals surface area contributed by atoms with Gasteiger partial charge in [0, 0.05) is 37.2 Å². The first-order valence-corrected chi connectivity index (χ1v) is 9.61. The van der Waals surface area contributed by atoms with Crippen LogP contribution in [0.25, 0.3) is 11.5 Å². The van der Waals surface area contributed by atoms with Gasteiger partial charge in [0.1, 0.15) is 0 Å². The van der Waals surface area contributed by atoms with Crippen LogP contribution < -0.4 is 4.74 Å². The van der Waals surface area contributed by atoms with E-state index in [1.807, 2.05) is 30.3 Å². The number of carbonyl (C=O) groups excluding carboxylic acids is 1. The van der Waals surface area contributed by atoms with Gasteiger partial charge in [-0.05, 0) is 30.3 Å². The molecule has 1 saturated heterocycles. The topological polar surface area (TPSA) is 77.7 Å². The van der Waals surface area contributed by atoms with Crippen LogP contribution in [-0.2, 0) is 4.74 Å². The van der Waals surface area contributed by atoms with Crippen molar-refractivity contribution < 1.29 is 23.1 Å². The van der Waals surface area contributed by atoms with Gasteiger partial charge in [0.05, 0.1) is 19.6 Å². The number of aromatic nitrogens is 2. The van der Waals surface area contributed by atoms with Gasteiger partial charge in [0.25, 0.3) is 5.91 Å². The average Bonchev–Trinajstić information content (AvgIpc) is 3.41. The molecule has 156 valence electrons. The van der Waals surface area contributed by atoms with Gasteiger partial charge in [-0.15, -0.1) is 10.2 Å². The Hall–Kier alpha value is -3.26. The summed E-state index contributed by atoms with van der Waals surface area (Å²) in [7, 11) is 3.00. The van der Waals surface area contributed by atoms with Gasteiger partial charge in [-0.1, -0.05) is 18.2 Å². The zero-order valence-electron chi connectivity index (χ0n) is 16.7. The molecule has 0 bridgehead atoms. The van der Waals surface area contributed by atoms with Gasteiger partial charge in [0.15, 0.2) is 11.6 Å². The second-order valence-electron chi connectivity index (χ2n) is 7.19. The molecule has 1 aliphatic heterocycles. The molecule has 1 aliphatic rings. The molecular formula is C22H22FN3O4. The molecule has 0 radical (unpaired) electrons. The molecule has 8 heteroatoms. The van der Waals surface area contributed by atoms with E-state index < -0.39 is 5.82 Å². The smallest absolute Gasteiger partial charge is 0.253 e. The fourth-order valence-electron chi connectivity index (χ4n) is 3.76. The van der Waals surface area contributed by atoms with Crippen LogP contribution in [0, 0.1) is 11.7 Å². The Balaban J connectivity index is 1.55. The molecule has 0 unspecified atom stereocenters. The van der Waals surface area contributed by atoms with Crippen LogP contribution in [0.3, 0.4) is 0 Å². The van der Waals surface area contributed by atoms with Gasteiger partial charge >= 0.3 is 0 Å². The molecular weight excluding hydrogens is 389 g/mol. The molecule has 4 rings (SSSR count). The number of methoxy groups -OCH3 is 2. The lowest BCUT2D eigenvalue weighted by Gasteiger charge is -2.16. The number of halogens is 1. The third-order valence-electron chi connectivity index (χ3n) is 5.29. The number of likely N-dealkylation sites (tertiary alicyclic amines) is 1. The van der Waals surface area contributed by atoms with Gasteiger partial charge < -0.3 is 18.8 Å². The predicted molar refractivity (Wildman–Crippen MR) is 107 cm³/mol. The number of ether oxygens (including phenoxy) is 2. The SMILES string of the molecule is COC[C@@H]1CN(C(=O)c2ccc(OC)c(F)c2)C[C@H]1c1nnc(-c2ccccc2)o1. The van der Waals surface area contributed by atoms with E-state index in [2.05, 4.69) is 10.2 Å². The Morgan fingerprint density at radius 1 is 1.17 bits per heavy atom. The van der Waals surface area contributed by atoms with Gasteiger partial charge in [-0.25, -0.2) is 4.39 Å². The molecule has 0 saturated carbocycles. The summed E-state index contributed by atoms with van der Waals surface area (Å²) >= 11 is 0. The number of rotatable bonds is 6. The van der Waals surface area contributed by atoms with E-state index in [0.717, 1.165) is 5.56 Å². The zero-order valence-corrected chi connectivity index (χ0v) is 16.7. The van der Waals surface area contributed by atoms with Crippen molar-refractivity contribution in [2.75, 3.05) is 33.9 Å². The number of hydrogen-bond acceptors (Lipinski definition) is 6. The predicted octanol–water partition coefficient (Wildman–Crippen LogP) is 3.39. The van der Waals surface area contributed by atoms with Gasteiger partial charge in [-0.3, -0.25) is 4.79 Å². The van der Waals surface area contributed by atoms with Gasteiger partial charge in [-0.2, -0.15) is 0 Å². The van der Waals surface area contributed by atoms with Crippen molar-refractivity contribution in [1.82, 2.24) is 15.1 Å². The van der Waals surface area contributed by atoms with Crippen molar-refractivity contribution in [2.24, 2.45) is 5.92 Å². The summed E-state index contributed by atoms with van der Waals surface area (Å²) in [5.74, 6) is -0.00809. The van der Waals surface area contributed by atoms with Crippen molar-refractivity contribution in [3.8, 4) is 17.2 Å². The van der Waals surface area contributed by atoms with Crippen molar-refractivity contribution in [1.29, 1.82) is 0 Å². The lowest BCUT2D eigenvalue weighted by atomic mass is 9.97. The quantitative estimate of drug-likeness (QED) is 0.619. The molecule has 3 aromatic rings. The van der Waals surface area contributed by atoms with Crippen LogP contribution in [-0.4, -0.2) is 54.9 Å². The minimum Gasteiger partial charge on any atom is -0.494 e. The van der Waals surface area contributed by atoms with Crippen LogP contribution in [0.2, 0.25) is 0 Å². The summed E-state index contributed by atoms with van der Waals surface area (Å²) in [5.41, 5.74) is 1.10. The van der Waals surface area contributed by atoms with Crippen LogP contribution in [0.1, 0.15) is 22.2 Å². The molecule has 2 atom stereocenters. The highest BCUT2D eigenvalue weighted by atomic mass is 19.1. The molecule has 1 aromatic heterocycles. The lowest BCUT2D eigenvalue weighted by Crippen LogP contribution is -2.29. The second kappa shape index (κ2) is 8.62. The summed E-state index contributed by atoms with van der Waals surface area (Å²) in [6.07, 6.45) is 0. The fourth-order valence-corrected chi connectivity index (χ4v) is 3.76. The highest BCUT2D eigenvalue weighted by Gasteiger charge is 2.39. The lowest BCUT2D eigenvalue weighted by molar-refractivity contribution is 0.0775. The van der Waals surface area contributed by atoms with Crippen LogP contribution in [0.15, 0.2) is 52.9 Å². The first kappa shape index (κ1) is 20.0. The Kier molecular flexibility index (Phi) is 5.76. The van der Waals surface area contributed by atoms with Crippen LogP contribution in [0.5, 0.6) is 5.75 Å². The van der Waals surface area contributed by atoms with Crippen LogP contribution >= 0.6 is 0 Å². The highest BCUT2D eigenvalue weighted by molar-refractivity contribution is 5.94. The zero-order chi connectivity index (χ0) is 21.1. The Morgan fingerprint density at radius 3 is 2.67 bits per heavy atom. The van der Waals surface area contributed by atoms with E-state index in [9.17, 15) is 9.18 Å². The summed E-state index contributed by atoms with van der Waals surface area (Å²) < 4.78 is 30.2. The number of amides is 1. The first-order valence-electron chi connectivity index (χ1n) is 9.61. The Morgan fingerprint density at radius 2 is 1.97 bits per heavy atom. The molecule has 0 N–H and O–H groups in total. The third-order valence-corrected chi connectivity index (χ3v) is 5.29. The fraction of sp³-hybridized carbons (Fsp3) is 0.318. The van der Waals surface area contributed by atoms with E-state index in [0.29, 0.717) is 31.5 Å². The largest absolute Gasteiger partial charge is 0.494 e. The van der Waals surface area contributed by atoms with E-state index in [-0.39, 0.29) is 29.1 Å². The summed E-state index contributed by atoms with van der Waals surface area (Å²) in [6.45, 7) is 1.28. The van der Waals surface area contributed by atoms with Crippen molar-refractivity contribution >= 4 is 5.91 Å². The molecule has 2 heterocycles. The maximum absolute atomic E-state index is 14.1. The van der Waals surface area contributed by atoms with Crippen molar-refractivity contribution in [3.05, 3.63) is 65.8 Å². The third kappa shape index (κ3) is 3.91. The van der Waals surface area contributed by atoms with E-state index in [1.54, 1.807) is 18.1 Å². The van der Waals surface area contributed by atoms with Crippen molar-refractivity contribution in [3.63, 3.8) is 0 Å². The maximum atomic E-state index is 14.1. The molecule has 7 nitrogen and oxygen atoms in total. The normalized spacial score (nSPS) is 18.6. The number of hydrogen-bond donors (Lipinski definition) is 0. The van der Waals surface area contributed by atoms with Crippen LogP contribution in [0.4, 0.5) is 4.39 Å². The van der Waals surface area contributed by atoms with Crippen molar-refractivity contribution in [2.45, 2.75) is 5.92 Å². The summed E-state index contributed by atoms with van der Waals surface area (Å²) in [6, 6.07) is 13.7. The first-order chi connectivity index (χ1) is 14.6. The molecule has 2 aromatic carbocycles.